The molecule has 7 nitrogen and oxygen atoms in total. The molecular formula is C23H22N2O5. The number of methoxy groups -OCH3 is 1. The molecule has 154 valence electrons. The fourth-order valence-corrected chi connectivity index (χ4v) is 4.10. The zero-order valence-corrected chi connectivity index (χ0v) is 17.1. The van der Waals surface area contributed by atoms with E-state index in [1.165, 1.54) is 13.2 Å². The number of ether oxygens (including phenoxy) is 3. The fraction of sp³-hybridized carbons (Fsp3) is 0.261. The first kappa shape index (κ1) is 18.6. The highest BCUT2D eigenvalue weighted by molar-refractivity contribution is 6.16. The summed E-state index contributed by atoms with van der Waals surface area (Å²) in [5.74, 6) is 1.66. The Labute approximate surface area is 172 Å². The van der Waals surface area contributed by atoms with Crippen molar-refractivity contribution in [2.75, 3.05) is 34.5 Å². The number of phenolic OH excluding ortho intramolecular Hbond substituents is 1. The summed E-state index contributed by atoms with van der Waals surface area (Å²) in [4.78, 5) is 15.6. The Kier molecular flexibility index (Phi) is 4.22. The van der Waals surface area contributed by atoms with Gasteiger partial charge in [-0.05, 0) is 43.7 Å². The van der Waals surface area contributed by atoms with E-state index in [2.05, 4.69) is 0 Å². The van der Waals surface area contributed by atoms with Crippen molar-refractivity contribution in [3.63, 3.8) is 0 Å². The Morgan fingerprint density at radius 1 is 1.03 bits per heavy atom. The van der Waals surface area contributed by atoms with Crippen molar-refractivity contribution in [3.05, 3.63) is 46.8 Å². The number of aromatic nitrogens is 1. The number of phenols is 1. The van der Waals surface area contributed by atoms with Crippen LogP contribution in [0.2, 0.25) is 0 Å². The van der Waals surface area contributed by atoms with Gasteiger partial charge in [0.15, 0.2) is 23.0 Å². The van der Waals surface area contributed by atoms with Crippen LogP contribution in [0.5, 0.6) is 23.0 Å². The predicted octanol–water partition coefficient (Wildman–Crippen LogP) is 3.31. The molecule has 4 aromatic rings. The molecule has 0 atom stereocenters. The topological polar surface area (TPSA) is 73.2 Å². The summed E-state index contributed by atoms with van der Waals surface area (Å²) < 4.78 is 18.2. The number of nitrogens with zero attached hydrogens (tertiary/aromatic N) is 2. The maximum Gasteiger partial charge on any atom is 0.259 e. The van der Waals surface area contributed by atoms with E-state index in [4.69, 9.17) is 14.2 Å². The molecule has 1 N–H and O–H groups in total. The number of hydrogen-bond acceptors (Lipinski definition) is 6. The van der Waals surface area contributed by atoms with Gasteiger partial charge in [0.05, 0.1) is 18.0 Å². The zero-order chi connectivity index (χ0) is 21.0. The summed E-state index contributed by atoms with van der Waals surface area (Å²) in [7, 11) is 5.44. The van der Waals surface area contributed by atoms with Crippen LogP contribution in [0.3, 0.4) is 0 Å². The summed E-state index contributed by atoms with van der Waals surface area (Å²) >= 11 is 0. The van der Waals surface area contributed by atoms with Crippen LogP contribution in [-0.4, -0.2) is 49.1 Å². The smallest absolute Gasteiger partial charge is 0.259 e. The van der Waals surface area contributed by atoms with Gasteiger partial charge in [0.25, 0.3) is 5.56 Å². The van der Waals surface area contributed by atoms with Gasteiger partial charge >= 0.3 is 0 Å². The minimum atomic E-state index is -0.150. The molecule has 0 fully saturated rings. The van der Waals surface area contributed by atoms with Crippen LogP contribution < -0.4 is 19.8 Å². The SMILES string of the molecule is COc1cc2c(cc1O)c(=O)n(CCN(C)C)c1c3cc4c(cc3ccc21)OCO4. The summed E-state index contributed by atoms with van der Waals surface area (Å²) in [5, 5.41) is 14.3. The van der Waals surface area contributed by atoms with Gasteiger partial charge in [-0.15, -0.1) is 0 Å². The molecule has 3 aromatic carbocycles. The molecule has 1 aromatic heterocycles. The largest absolute Gasteiger partial charge is 0.504 e. The Morgan fingerprint density at radius 2 is 1.80 bits per heavy atom. The highest BCUT2D eigenvalue weighted by atomic mass is 16.7. The Morgan fingerprint density at radius 3 is 2.53 bits per heavy atom. The third kappa shape index (κ3) is 2.74. The summed E-state index contributed by atoms with van der Waals surface area (Å²) in [6.45, 7) is 1.40. The Balaban J connectivity index is 1.95. The van der Waals surface area contributed by atoms with Gasteiger partial charge in [0, 0.05) is 29.2 Å². The van der Waals surface area contributed by atoms with Crippen LogP contribution in [0.4, 0.5) is 0 Å². The lowest BCUT2D eigenvalue weighted by Crippen LogP contribution is -2.27. The van der Waals surface area contributed by atoms with Crippen molar-refractivity contribution in [2.45, 2.75) is 6.54 Å². The summed E-state index contributed by atoms with van der Waals surface area (Å²) in [6, 6.07) is 11.1. The number of hydrogen-bond donors (Lipinski definition) is 1. The lowest BCUT2D eigenvalue weighted by molar-refractivity contribution is 0.174. The molecule has 0 radical (unpaired) electrons. The maximum atomic E-state index is 13.5. The van der Waals surface area contributed by atoms with Crippen molar-refractivity contribution in [2.24, 2.45) is 0 Å². The standard InChI is InChI=1S/C23H22N2O5/c1-24(2)6-7-25-22-14(16-11-19(28-3)18(26)9-17(16)23(25)27)5-4-13-8-20-21(10-15(13)22)30-12-29-20/h4-5,8-11,26H,6-7,12H2,1-3H3. The second kappa shape index (κ2) is 6.81. The minimum absolute atomic E-state index is 0.0511. The molecule has 0 spiro atoms. The zero-order valence-electron chi connectivity index (χ0n) is 17.1. The molecule has 0 aliphatic carbocycles. The van der Waals surface area contributed by atoms with E-state index in [1.54, 1.807) is 10.6 Å². The van der Waals surface area contributed by atoms with Gasteiger partial charge in [-0.2, -0.15) is 0 Å². The molecule has 2 heterocycles. The van der Waals surface area contributed by atoms with Crippen molar-refractivity contribution in [3.8, 4) is 23.0 Å². The van der Waals surface area contributed by atoms with E-state index < -0.39 is 0 Å². The second-order valence-corrected chi connectivity index (χ2v) is 7.72. The van der Waals surface area contributed by atoms with E-state index in [0.717, 1.165) is 27.1 Å². The number of fused-ring (bicyclic) bond motifs is 6. The van der Waals surface area contributed by atoms with Gasteiger partial charge in [-0.1, -0.05) is 12.1 Å². The fourth-order valence-electron chi connectivity index (χ4n) is 4.10. The van der Waals surface area contributed by atoms with Crippen LogP contribution >= 0.6 is 0 Å². The average molecular weight is 406 g/mol. The molecule has 30 heavy (non-hydrogen) atoms. The maximum absolute atomic E-state index is 13.5. The van der Waals surface area contributed by atoms with Gasteiger partial charge in [-0.3, -0.25) is 4.79 Å². The molecule has 0 amide bonds. The first-order chi connectivity index (χ1) is 14.5. The first-order valence-corrected chi connectivity index (χ1v) is 9.72. The lowest BCUT2D eigenvalue weighted by Gasteiger charge is -2.18. The molecule has 0 saturated heterocycles. The molecule has 0 saturated carbocycles. The Hall–Kier alpha value is -3.45. The van der Waals surface area contributed by atoms with Crippen LogP contribution in [0, 0.1) is 0 Å². The lowest BCUT2D eigenvalue weighted by atomic mass is 10.00. The van der Waals surface area contributed by atoms with Crippen LogP contribution in [-0.2, 0) is 6.54 Å². The minimum Gasteiger partial charge on any atom is -0.504 e. The molecule has 1 aliphatic rings. The summed E-state index contributed by atoms with van der Waals surface area (Å²) in [5.41, 5.74) is 0.681. The molecule has 7 heteroatoms. The average Bonchev–Trinajstić information content (AvgIpc) is 3.18. The van der Waals surface area contributed by atoms with Crippen LogP contribution in [0.1, 0.15) is 0 Å². The van der Waals surface area contributed by atoms with E-state index in [9.17, 15) is 9.90 Å². The van der Waals surface area contributed by atoms with E-state index in [1.807, 2.05) is 43.3 Å². The third-order valence-electron chi connectivity index (χ3n) is 5.61. The Bertz CT molecular complexity index is 1370. The molecule has 0 bridgehead atoms. The number of aromatic hydroxyl groups is 1. The highest BCUT2D eigenvalue weighted by Crippen LogP contribution is 2.40. The number of likely N-dealkylation sites (N-methyl/N-ethyl adjacent to an activating group) is 1. The van der Waals surface area contributed by atoms with Crippen molar-refractivity contribution in [1.82, 2.24) is 9.47 Å². The van der Waals surface area contributed by atoms with Gasteiger partial charge < -0.3 is 28.8 Å². The van der Waals surface area contributed by atoms with Crippen LogP contribution in [0.25, 0.3) is 32.4 Å². The highest BCUT2D eigenvalue weighted by Gasteiger charge is 2.20. The quantitative estimate of drug-likeness (QED) is 0.524. The van der Waals surface area contributed by atoms with Crippen molar-refractivity contribution in [1.29, 1.82) is 0 Å². The second-order valence-electron chi connectivity index (χ2n) is 7.72. The number of benzene rings is 3. The van der Waals surface area contributed by atoms with Crippen molar-refractivity contribution < 1.29 is 19.3 Å². The predicted molar refractivity (Wildman–Crippen MR) is 116 cm³/mol. The first-order valence-electron chi connectivity index (χ1n) is 9.72. The van der Waals surface area contributed by atoms with Crippen molar-refractivity contribution >= 4 is 32.4 Å². The monoisotopic (exact) mass is 406 g/mol. The molecule has 1 aliphatic heterocycles. The number of rotatable bonds is 4. The number of pyridine rings is 1. The van der Waals surface area contributed by atoms with Crippen LogP contribution in [0.15, 0.2) is 41.2 Å². The molecular weight excluding hydrogens is 384 g/mol. The van der Waals surface area contributed by atoms with E-state index >= 15 is 0 Å². The van der Waals surface area contributed by atoms with E-state index in [0.29, 0.717) is 35.7 Å². The van der Waals surface area contributed by atoms with E-state index in [-0.39, 0.29) is 18.1 Å². The molecule has 0 unspecified atom stereocenters. The van der Waals surface area contributed by atoms with Gasteiger partial charge in [0.2, 0.25) is 6.79 Å². The summed E-state index contributed by atoms with van der Waals surface area (Å²) in [6.07, 6.45) is 0. The third-order valence-corrected chi connectivity index (χ3v) is 5.61. The van der Waals surface area contributed by atoms with Gasteiger partial charge in [-0.25, -0.2) is 0 Å². The molecule has 5 rings (SSSR count). The normalized spacial score (nSPS) is 13.1. The van der Waals surface area contributed by atoms with Gasteiger partial charge in [0.1, 0.15) is 0 Å².